The number of ether oxygens (including phenoxy) is 2. The number of allylic oxidation sites excluding steroid dienone is 1. The van der Waals surface area contributed by atoms with Crippen LogP contribution >= 0.6 is 33.9 Å². The minimum Gasteiger partial charge on any atom is -0.493 e. The Kier molecular flexibility index (Phi) is 8.39. The van der Waals surface area contributed by atoms with Gasteiger partial charge in [0.25, 0.3) is 16.9 Å². The summed E-state index contributed by atoms with van der Waals surface area (Å²) in [5.41, 5.74) is 5.80. The normalized spacial score (nSPS) is 15.2. The first-order valence-corrected chi connectivity index (χ1v) is 16.7. The van der Waals surface area contributed by atoms with Crippen LogP contribution in [0.2, 0.25) is 0 Å². The molecule has 0 unspecified atom stereocenters. The van der Waals surface area contributed by atoms with Gasteiger partial charge in [0, 0.05) is 29.8 Å². The molecule has 2 aliphatic rings. The second-order valence-electron chi connectivity index (χ2n) is 11.2. The van der Waals surface area contributed by atoms with Gasteiger partial charge in [0.1, 0.15) is 6.61 Å². The van der Waals surface area contributed by atoms with E-state index in [-0.39, 0.29) is 23.5 Å². The van der Waals surface area contributed by atoms with E-state index in [1.54, 1.807) is 41.0 Å². The number of nitro groups is 2. The van der Waals surface area contributed by atoms with Crippen molar-refractivity contribution >= 4 is 57.1 Å². The number of benzene rings is 4. The molecule has 4 aromatic carbocycles. The highest BCUT2D eigenvalue weighted by Crippen LogP contribution is 2.42. The number of non-ortho nitro benzene ring substituents is 2. The Balaban J connectivity index is 1.30. The van der Waals surface area contributed by atoms with Gasteiger partial charge < -0.3 is 9.47 Å². The van der Waals surface area contributed by atoms with Crippen LogP contribution in [-0.2, 0) is 13.0 Å². The maximum absolute atomic E-state index is 14.2. The van der Waals surface area contributed by atoms with Crippen LogP contribution in [0.1, 0.15) is 40.3 Å². The number of nitrogens with zero attached hydrogens (tertiary/aromatic N) is 4. The van der Waals surface area contributed by atoms with E-state index in [1.165, 1.54) is 42.2 Å². The Morgan fingerprint density at radius 3 is 2.50 bits per heavy atom. The molecule has 1 aliphatic carbocycles. The zero-order chi connectivity index (χ0) is 33.5. The summed E-state index contributed by atoms with van der Waals surface area (Å²) in [7, 11) is 1.53. The first-order chi connectivity index (χ1) is 23.2. The Labute approximate surface area is 290 Å². The van der Waals surface area contributed by atoms with E-state index >= 15 is 0 Å². The number of nitro benzene ring substituents is 2. The third kappa shape index (κ3) is 5.79. The van der Waals surface area contributed by atoms with Crippen LogP contribution in [0.3, 0.4) is 0 Å². The number of methoxy groups -OCH3 is 1. The van der Waals surface area contributed by atoms with Crippen molar-refractivity contribution in [3.63, 3.8) is 0 Å². The van der Waals surface area contributed by atoms with Gasteiger partial charge in [-0.05, 0) is 93.6 Å². The molecule has 0 spiro atoms. The van der Waals surface area contributed by atoms with E-state index in [4.69, 9.17) is 14.5 Å². The van der Waals surface area contributed by atoms with Gasteiger partial charge in [-0.1, -0.05) is 47.7 Å². The van der Waals surface area contributed by atoms with E-state index in [0.717, 1.165) is 32.4 Å². The number of hydrogen-bond acceptors (Lipinski definition) is 9. The van der Waals surface area contributed by atoms with E-state index in [2.05, 4.69) is 28.7 Å². The van der Waals surface area contributed by atoms with Gasteiger partial charge in [-0.15, -0.1) is 0 Å². The summed E-state index contributed by atoms with van der Waals surface area (Å²) in [5, 5.41) is 22.7. The lowest BCUT2D eigenvalue weighted by Gasteiger charge is -2.30. The monoisotopic (exact) mass is 772 g/mol. The Morgan fingerprint density at radius 2 is 1.75 bits per heavy atom. The third-order valence-corrected chi connectivity index (χ3v) is 10.1. The number of hydrogen-bond donors (Lipinski definition) is 0. The van der Waals surface area contributed by atoms with Gasteiger partial charge in [0.2, 0.25) is 0 Å². The van der Waals surface area contributed by atoms with Crippen molar-refractivity contribution in [1.82, 2.24) is 4.57 Å². The van der Waals surface area contributed by atoms with Crippen LogP contribution in [0.5, 0.6) is 11.5 Å². The third-order valence-electron chi connectivity index (χ3n) is 8.35. The van der Waals surface area contributed by atoms with Gasteiger partial charge in [-0.25, -0.2) is 4.99 Å². The fraction of sp³-hybridized carbons (Fsp3) is 0.143. The average molecular weight is 773 g/mol. The highest BCUT2D eigenvalue weighted by Gasteiger charge is 2.33. The molecule has 1 atom stereocenters. The number of aryl methyl sites for hydroxylation is 1. The number of rotatable bonds is 8. The summed E-state index contributed by atoms with van der Waals surface area (Å²) in [6, 6.07) is 23.8. The largest absolute Gasteiger partial charge is 0.493 e. The van der Waals surface area contributed by atoms with Crippen LogP contribution in [0.25, 0.3) is 11.8 Å². The molecule has 0 amide bonds. The predicted octanol–water partition coefficient (Wildman–Crippen LogP) is 6.33. The predicted molar refractivity (Wildman–Crippen MR) is 189 cm³/mol. The standard InChI is InChI=1S/C35H25IN4O7S/c1-46-29-16-21(15-28(36)33(29)47-19-20-9-12-24(13-10-20)39(42)43)17-30-34(41)38-32(23-6-4-7-25(18-23)40(44)45)27-14-11-22-5-2-3-8-26(22)31(27)37-35(38)48-30/h2-10,12-13,15-18,32H,11,14,19H2,1H3/b30-17+/t32-/m0/s1. The Morgan fingerprint density at radius 1 is 0.979 bits per heavy atom. The Bertz CT molecular complexity index is 2350. The molecule has 0 saturated heterocycles. The molecule has 0 saturated carbocycles. The quantitative estimate of drug-likeness (QED) is 0.102. The number of thiazole rings is 1. The maximum atomic E-state index is 14.2. The van der Waals surface area contributed by atoms with Crippen molar-refractivity contribution in [2.45, 2.75) is 25.5 Å². The molecule has 11 nitrogen and oxygen atoms in total. The summed E-state index contributed by atoms with van der Waals surface area (Å²) in [5.74, 6) is 0.969. The lowest BCUT2D eigenvalue weighted by Crippen LogP contribution is -2.38. The molecule has 0 bridgehead atoms. The van der Waals surface area contributed by atoms with Gasteiger partial charge in [-0.3, -0.25) is 29.6 Å². The maximum Gasteiger partial charge on any atom is 0.271 e. The molecule has 13 heteroatoms. The fourth-order valence-electron chi connectivity index (χ4n) is 6.11. The van der Waals surface area contributed by atoms with Gasteiger partial charge in [0.15, 0.2) is 16.3 Å². The molecular weight excluding hydrogens is 747 g/mol. The summed E-state index contributed by atoms with van der Waals surface area (Å²) in [6.45, 7) is 0.174. The zero-order valence-corrected chi connectivity index (χ0v) is 28.3. The number of halogens is 1. The molecule has 1 aliphatic heterocycles. The molecular formula is C35H25IN4O7S. The summed E-state index contributed by atoms with van der Waals surface area (Å²) >= 11 is 3.42. The van der Waals surface area contributed by atoms with Crippen LogP contribution < -0.4 is 24.4 Å². The first kappa shape index (κ1) is 31.4. The van der Waals surface area contributed by atoms with Crippen LogP contribution in [0.15, 0.2) is 100 Å². The van der Waals surface area contributed by atoms with E-state index in [0.29, 0.717) is 38.4 Å². The molecule has 5 aromatic rings. The molecule has 1 aromatic heterocycles. The second-order valence-corrected chi connectivity index (χ2v) is 13.4. The second kappa shape index (κ2) is 12.8. The molecule has 2 heterocycles. The van der Waals surface area contributed by atoms with E-state index < -0.39 is 15.9 Å². The number of fused-ring (bicyclic) bond motifs is 3. The van der Waals surface area contributed by atoms with E-state index in [1.807, 2.05) is 30.3 Å². The van der Waals surface area contributed by atoms with Gasteiger partial charge in [-0.2, -0.15) is 0 Å². The lowest BCUT2D eigenvalue weighted by molar-refractivity contribution is -0.385. The zero-order valence-electron chi connectivity index (χ0n) is 25.3. The highest BCUT2D eigenvalue weighted by molar-refractivity contribution is 14.1. The van der Waals surface area contributed by atoms with Gasteiger partial charge >= 0.3 is 0 Å². The first-order valence-electron chi connectivity index (χ1n) is 14.8. The summed E-state index contributed by atoms with van der Waals surface area (Å²) in [4.78, 5) is 41.6. The van der Waals surface area contributed by atoms with Crippen LogP contribution in [-0.4, -0.2) is 21.5 Å². The van der Waals surface area contributed by atoms with Crippen molar-refractivity contribution in [2.75, 3.05) is 7.11 Å². The SMILES string of the molecule is COc1cc(/C=c2/sc3n(c2=O)[C@@H](c2cccc([N+](=O)[O-])c2)C2=C(N=3)c3ccccc3CC2)cc(I)c1OCc1ccc([N+](=O)[O-])cc1. The van der Waals surface area contributed by atoms with Crippen molar-refractivity contribution < 1.29 is 19.3 Å². The van der Waals surface area contributed by atoms with Crippen LogP contribution in [0.4, 0.5) is 11.4 Å². The minimum absolute atomic E-state index is 0.00179. The fourth-order valence-corrected chi connectivity index (χ4v) is 7.90. The van der Waals surface area contributed by atoms with Crippen molar-refractivity contribution in [3.8, 4) is 11.5 Å². The van der Waals surface area contributed by atoms with Crippen molar-refractivity contribution in [1.29, 1.82) is 0 Å². The van der Waals surface area contributed by atoms with Crippen molar-refractivity contribution in [3.05, 3.63) is 162 Å². The Hall–Kier alpha value is -5.15. The molecule has 48 heavy (non-hydrogen) atoms. The number of aromatic nitrogens is 1. The topological polar surface area (TPSA) is 139 Å². The smallest absolute Gasteiger partial charge is 0.271 e. The van der Waals surface area contributed by atoms with Crippen LogP contribution in [0, 0.1) is 23.8 Å². The molecule has 0 fully saturated rings. The molecule has 7 rings (SSSR count). The molecule has 240 valence electrons. The minimum atomic E-state index is -0.545. The summed E-state index contributed by atoms with van der Waals surface area (Å²) < 4.78 is 14.6. The highest BCUT2D eigenvalue weighted by atomic mass is 127. The van der Waals surface area contributed by atoms with Gasteiger partial charge in [0.05, 0.1) is 36.8 Å². The molecule has 0 N–H and O–H groups in total. The average Bonchev–Trinajstić information content (AvgIpc) is 3.40. The molecule has 0 radical (unpaired) electrons. The van der Waals surface area contributed by atoms with E-state index in [9.17, 15) is 25.0 Å². The lowest BCUT2D eigenvalue weighted by atomic mass is 9.83. The summed E-state index contributed by atoms with van der Waals surface area (Å²) in [6.07, 6.45) is 3.23. The van der Waals surface area contributed by atoms with Crippen molar-refractivity contribution in [2.24, 2.45) is 4.99 Å².